The van der Waals surface area contributed by atoms with Gasteiger partial charge in [-0.1, -0.05) is 27.7 Å². The molecule has 0 fully saturated rings. The molecule has 2 rings (SSSR count). The summed E-state index contributed by atoms with van der Waals surface area (Å²) in [6.45, 7) is 7.95. The average molecular weight is 489 g/mol. The molecule has 192 valence electrons. The Kier molecular flexibility index (Phi) is 9.63. The molecule has 0 aromatic carbocycles. The molecule has 35 heavy (non-hydrogen) atoms. The lowest BCUT2D eigenvalue weighted by Crippen LogP contribution is -2.18. The molecule has 0 aliphatic heterocycles. The largest absolute Gasteiger partial charge is 0.502 e. The number of hydrogen-bond acceptors (Lipinski definition) is 8. The van der Waals surface area contributed by atoms with Crippen LogP contribution in [0, 0.1) is 10.8 Å². The van der Waals surface area contributed by atoms with E-state index >= 15 is 0 Å². The molecular formula is C27H36O8. The van der Waals surface area contributed by atoms with Crippen molar-refractivity contribution in [2.75, 3.05) is 0 Å². The lowest BCUT2D eigenvalue weighted by atomic mass is 9.82. The van der Waals surface area contributed by atoms with Crippen LogP contribution in [0.5, 0.6) is 11.5 Å². The minimum absolute atomic E-state index is 0.0979. The van der Waals surface area contributed by atoms with Crippen molar-refractivity contribution in [3.63, 3.8) is 0 Å². The summed E-state index contributed by atoms with van der Waals surface area (Å²) in [6, 6.07) is 2.54. The van der Waals surface area contributed by atoms with E-state index < -0.39 is 22.4 Å². The Morgan fingerprint density at radius 1 is 0.714 bits per heavy atom. The zero-order valence-corrected chi connectivity index (χ0v) is 21.0. The van der Waals surface area contributed by atoms with Crippen molar-refractivity contribution < 1.29 is 28.6 Å². The van der Waals surface area contributed by atoms with Gasteiger partial charge in [0.1, 0.15) is 35.6 Å². The number of hydrogen-bond donors (Lipinski definition) is 2. The fraction of sp³-hybridized carbons (Fsp3) is 0.556. The molecule has 0 aliphatic rings. The summed E-state index contributed by atoms with van der Waals surface area (Å²) in [5.41, 5.74) is -1.50. The first kappa shape index (κ1) is 28.1. The molecule has 0 amide bonds. The van der Waals surface area contributed by atoms with Gasteiger partial charge in [0.15, 0.2) is 11.5 Å². The van der Waals surface area contributed by atoms with E-state index in [0.29, 0.717) is 69.3 Å². The standard InChI is InChI=1S/C27H36O8/c1-26(2,14-20-12-22(30)24(32)16-34-20)10-8-18(28)6-5-7-19(29)9-11-27(3,4)15-21-13-23(31)25(33)17-35-21/h12-13,16-17,32-33H,5-11,14-15H2,1-4H3. The molecule has 0 unspecified atom stereocenters. The van der Waals surface area contributed by atoms with E-state index in [9.17, 15) is 29.4 Å². The van der Waals surface area contributed by atoms with Crippen LogP contribution in [-0.2, 0) is 22.4 Å². The number of Topliss-reactive ketones (excluding diaryl/α,β-unsaturated/α-hetero) is 2. The second-order valence-corrected chi connectivity index (χ2v) is 10.8. The predicted molar refractivity (Wildman–Crippen MR) is 131 cm³/mol. The highest BCUT2D eigenvalue weighted by atomic mass is 16.4. The Morgan fingerprint density at radius 2 is 1.09 bits per heavy atom. The zero-order chi connectivity index (χ0) is 26.2. The van der Waals surface area contributed by atoms with Crippen molar-refractivity contribution in [1.29, 1.82) is 0 Å². The molecular weight excluding hydrogens is 452 g/mol. The normalized spacial score (nSPS) is 12.0. The third-order valence-corrected chi connectivity index (χ3v) is 6.11. The third-order valence-electron chi connectivity index (χ3n) is 6.11. The molecule has 0 saturated carbocycles. The van der Waals surface area contributed by atoms with Gasteiger partial charge in [0.2, 0.25) is 10.9 Å². The molecule has 8 heteroatoms. The first-order valence-electron chi connectivity index (χ1n) is 11.9. The van der Waals surface area contributed by atoms with E-state index in [1.165, 1.54) is 12.1 Å². The van der Waals surface area contributed by atoms with E-state index in [4.69, 9.17) is 8.83 Å². The molecule has 0 spiro atoms. The van der Waals surface area contributed by atoms with Crippen LogP contribution in [0.1, 0.15) is 84.2 Å². The van der Waals surface area contributed by atoms with Crippen LogP contribution < -0.4 is 10.9 Å². The van der Waals surface area contributed by atoms with Crippen LogP contribution in [-0.4, -0.2) is 21.8 Å². The fourth-order valence-electron chi connectivity index (χ4n) is 3.88. The Bertz CT molecular complexity index is 1050. The molecule has 2 N–H and O–H groups in total. The van der Waals surface area contributed by atoms with Crippen LogP contribution >= 0.6 is 0 Å². The highest BCUT2D eigenvalue weighted by Crippen LogP contribution is 2.29. The number of ketones is 2. The van der Waals surface area contributed by atoms with Crippen molar-refractivity contribution in [3.8, 4) is 11.5 Å². The van der Waals surface area contributed by atoms with Crippen molar-refractivity contribution >= 4 is 11.6 Å². The van der Waals surface area contributed by atoms with Crippen LogP contribution in [0.15, 0.2) is 43.1 Å². The third kappa shape index (κ3) is 9.92. The van der Waals surface area contributed by atoms with E-state index in [0.717, 1.165) is 12.5 Å². The summed E-state index contributed by atoms with van der Waals surface area (Å²) in [6.07, 6.45) is 6.20. The summed E-state index contributed by atoms with van der Waals surface area (Å²) in [5.74, 6) is 0.273. The maximum Gasteiger partial charge on any atom is 0.226 e. The highest BCUT2D eigenvalue weighted by molar-refractivity contribution is 5.81. The Morgan fingerprint density at radius 3 is 1.43 bits per heavy atom. The van der Waals surface area contributed by atoms with Gasteiger partial charge in [0.25, 0.3) is 0 Å². The molecule has 2 heterocycles. The van der Waals surface area contributed by atoms with Crippen LogP contribution in [0.2, 0.25) is 0 Å². The number of carbonyl (C=O) groups excluding carboxylic acids is 2. The Labute approximate surface area is 205 Å². The van der Waals surface area contributed by atoms with Gasteiger partial charge in [-0.3, -0.25) is 19.2 Å². The predicted octanol–water partition coefficient (Wildman–Crippen LogP) is 4.71. The maximum absolute atomic E-state index is 12.3. The molecule has 0 radical (unpaired) electrons. The minimum atomic E-state index is -0.488. The smallest absolute Gasteiger partial charge is 0.226 e. The summed E-state index contributed by atoms with van der Waals surface area (Å²) < 4.78 is 10.5. The Hall–Kier alpha value is -3.16. The van der Waals surface area contributed by atoms with Gasteiger partial charge in [-0.2, -0.15) is 0 Å². The monoisotopic (exact) mass is 488 g/mol. The van der Waals surface area contributed by atoms with Crippen molar-refractivity contribution in [1.82, 2.24) is 0 Å². The van der Waals surface area contributed by atoms with Gasteiger partial charge in [0.05, 0.1) is 0 Å². The van der Waals surface area contributed by atoms with Crippen LogP contribution in [0.25, 0.3) is 0 Å². The van der Waals surface area contributed by atoms with Gasteiger partial charge < -0.3 is 19.0 Å². The van der Waals surface area contributed by atoms with E-state index in [1.807, 2.05) is 27.7 Å². The van der Waals surface area contributed by atoms with Gasteiger partial charge in [-0.15, -0.1) is 0 Å². The van der Waals surface area contributed by atoms with Crippen molar-refractivity contribution in [3.05, 3.63) is 56.6 Å². The van der Waals surface area contributed by atoms with Crippen molar-refractivity contribution in [2.24, 2.45) is 10.8 Å². The molecule has 2 aromatic rings. The quantitative estimate of drug-likeness (QED) is 0.390. The van der Waals surface area contributed by atoms with E-state index in [1.54, 1.807) is 0 Å². The Balaban J connectivity index is 1.68. The number of rotatable bonds is 14. The maximum atomic E-state index is 12.3. The lowest BCUT2D eigenvalue weighted by molar-refractivity contribution is -0.121. The lowest BCUT2D eigenvalue weighted by Gasteiger charge is -2.23. The SMILES string of the molecule is CC(C)(CCC(=O)CCCC(=O)CCC(C)(C)Cc1cc(=O)c(O)co1)Cc1cc(=O)c(O)co1. The molecule has 2 aromatic heterocycles. The molecule has 0 bridgehead atoms. The fourth-order valence-corrected chi connectivity index (χ4v) is 3.88. The highest BCUT2D eigenvalue weighted by Gasteiger charge is 2.23. The van der Waals surface area contributed by atoms with Crippen LogP contribution in [0.4, 0.5) is 0 Å². The molecule has 0 saturated heterocycles. The van der Waals surface area contributed by atoms with Gasteiger partial charge in [0, 0.05) is 50.7 Å². The van der Waals surface area contributed by atoms with Gasteiger partial charge >= 0.3 is 0 Å². The number of carbonyl (C=O) groups is 2. The second-order valence-electron chi connectivity index (χ2n) is 10.8. The summed E-state index contributed by atoms with van der Waals surface area (Å²) >= 11 is 0. The molecule has 0 aliphatic carbocycles. The first-order valence-corrected chi connectivity index (χ1v) is 11.9. The summed E-state index contributed by atoms with van der Waals surface area (Å²) in [7, 11) is 0. The van der Waals surface area contributed by atoms with E-state index in [-0.39, 0.29) is 22.4 Å². The minimum Gasteiger partial charge on any atom is -0.502 e. The zero-order valence-electron chi connectivity index (χ0n) is 21.0. The molecule has 0 atom stereocenters. The number of aromatic hydroxyl groups is 2. The topological polar surface area (TPSA) is 135 Å². The van der Waals surface area contributed by atoms with Gasteiger partial charge in [-0.25, -0.2) is 0 Å². The second kappa shape index (κ2) is 12.0. The average Bonchev–Trinajstić information content (AvgIpc) is 2.76. The first-order chi connectivity index (χ1) is 16.3. The van der Waals surface area contributed by atoms with Crippen molar-refractivity contribution in [2.45, 2.75) is 85.5 Å². The summed E-state index contributed by atoms with van der Waals surface area (Å²) in [4.78, 5) is 47.8. The summed E-state index contributed by atoms with van der Waals surface area (Å²) in [5, 5.41) is 18.6. The molecule has 8 nitrogen and oxygen atoms in total. The van der Waals surface area contributed by atoms with Crippen LogP contribution in [0.3, 0.4) is 0 Å². The van der Waals surface area contributed by atoms with Gasteiger partial charge in [-0.05, 0) is 30.1 Å². The van der Waals surface area contributed by atoms with E-state index in [2.05, 4.69) is 0 Å².